The molecule has 0 aliphatic carbocycles. The van der Waals surface area contributed by atoms with Crippen molar-refractivity contribution in [2.24, 2.45) is 0 Å². The highest BCUT2D eigenvalue weighted by molar-refractivity contribution is 5.12. The van der Waals surface area contributed by atoms with E-state index >= 15 is 0 Å². The molecule has 2 fully saturated rings. The van der Waals surface area contributed by atoms with Crippen LogP contribution in [0.1, 0.15) is 6.23 Å². The van der Waals surface area contributed by atoms with Crippen molar-refractivity contribution in [2.75, 3.05) is 20.3 Å². The number of hydrogen-bond donors (Lipinski definition) is 3. The van der Waals surface area contributed by atoms with E-state index in [0.29, 0.717) is 0 Å². The van der Waals surface area contributed by atoms with Gasteiger partial charge in [0.1, 0.15) is 18.3 Å². The molecule has 2 aliphatic heterocycles. The number of hydrogen-bond acceptors (Lipinski definition) is 7. The van der Waals surface area contributed by atoms with Crippen molar-refractivity contribution in [2.45, 2.75) is 30.1 Å². The molecule has 3 N–H and O–H groups in total. The molecule has 5 atom stereocenters. The number of aliphatic hydroxyl groups is 2. The van der Waals surface area contributed by atoms with Crippen molar-refractivity contribution in [1.82, 2.24) is 9.55 Å². The lowest BCUT2D eigenvalue weighted by atomic mass is 9.94. The molecular weight excluding hydrogens is 284 g/mol. The number of rotatable bonds is 4. The molecule has 1 aromatic heterocycles. The van der Waals surface area contributed by atoms with Gasteiger partial charge in [0.2, 0.25) is 0 Å². The maximum Gasteiger partial charge on any atom is 0.330 e. The molecule has 116 valence electrons. The molecular formula is C12H16N2O7. The average molecular weight is 300 g/mol. The summed E-state index contributed by atoms with van der Waals surface area (Å²) in [5, 5.41) is 19.9. The summed E-state index contributed by atoms with van der Waals surface area (Å²) in [6, 6.07) is 1.17. The zero-order valence-corrected chi connectivity index (χ0v) is 11.3. The average Bonchev–Trinajstić information content (AvgIpc) is 2.87. The Morgan fingerprint density at radius 2 is 2.29 bits per heavy atom. The topological polar surface area (TPSA) is 123 Å². The van der Waals surface area contributed by atoms with E-state index in [4.69, 9.17) is 14.2 Å². The zero-order chi connectivity index (χ0) is 15.2. The third kappa shape index (κ3) is 1.97. The van der Waals surface area contributed by atoms with Crippen molar-refractivity contribution in [3.63, 3.8) is 0 Å². The Hall–Kier alpha value is -1.52. The van der Waals surface area contributed by atoms with Crippen LogP contribution in [0.2, 0.25) is 0 Å². The van der Waals surface area contributed by atoms with Crippen LogP contribution in [0.15, 0.2) is 21.9 Å². The number of ether oxygens (including phenoxy) is 3. The summed E-state index contributed by atoms with van der Waals surface area (Å²) >= 11 is 0. The minimum Gasteiger partial charge on any atom is -0.393 e. The van der Waals surface area contributed by atoms with Crippen molar-refractivity contribution in [3.8, 4) is 0 Å². The Bertz CT molecular complexity index is 641. The standard InChI is InChI=1S/C12H16N2O7/c1-19-4-6-12(5-15)9(17)8(20-6)10(21-12)14-3-2-7(16)13-11(14)18/h2-3,6,8-10,15,17H,4-5H2,1H3,(H,13,16,18)/t6-,8+,9-,10+,12-/m0/s1. The van der Waals surface area contributed by atoms with Gasteiger partial charge in [0, 0.05) is 19.4 Å². The summed E-state index contributed by atoms with van der Waals surface area (Å²) in [4.78, 5) is 25.0. The molecule has 0 unspecified atom stereocenters. The summed E-state index contributed by atoms with van der Waals surface area (Å²) in [6.45, 7) is -0.339. The van der Waals surface area contributed by atoms with Crippen molar-refractivity contribution in [3.05, 3.63) is 33.1 Å². The van der Waals surface area contributed by atoms with Crippen molar-refractivity contribution < 1.29 is 24.4 Å². The van der Waals surface area contributed by atoms with E-state index < -0.39 is 48.0 Å². The van der Waals surface area contributed by atoms with E-state index in [0.717, 1.165) is 4.57 Å². The van der Waals surface area contributed by atoms with Gasteiger partial charge >= 0.3 is 5.69 Å². The smallest absolute Gasteiger partial charge is 0.330 e. The minimum atomic E-state index is -1.35. The second-order valence-corrected chi connectivity index (χ2v) is 5.13. The highest BCUT2D eigenvalue weighted by Crippen LogP contribution is 2.48. The van der Waals surface area contributed by atoms with E-state index in [1.54, 1.807) is 0 Å². The summed E-state index contributed by atoms with van der Waals surface area (Å²) in [5.41, 5.74) is -2.55. The Labute approximate surface area is 118 Å². The first-order valence-electron chi connectivity index (χ1n) is 6.46. The number of methoxy groups -OCH3 is 1. The Balaban J connectivity index is 1.96. The second kappa shape index (κ2) is 5.04. The van der Waals surface area contributed by atoms with Crippen LogP contribution in [0.25, 0.3) is 0 Å². The van der Waals surface area contributed by atoms with Gasteiger partial charge in [-0.15, -0.1) is 0 Å². The number of aromatic nitrogens is 2. The number of nitrogens with one attached hydrogen (secondary N) is 1. The van der Waals surface area contributed by atoms with E-state index in [9.17, 15) is 19.8 Å². The van der Waals surface area contributed by atoms with E-state index in [1.807, 2.05) is 0 Å². The van der Waals surface area contributed by atoms with Crippen LogP contribution in [0, 0.1) is 0 Å². The van der Waals surface area contributed by atoms with Crippen molar-refractivity contribution in [1.29, 1.82) is 0 Å². The van der Waals surface area contributed by atoms with Gasteiger partial charge in [0.15, 0.2) is 11.8 Å². The minimum absolute atomic E-state index is 0.140. The Kier molecular flexibility index (Phi) is 3.46. The van der Waals surface area contributed by atoms with Gasteiger partial charge in [-0.25, -0.2) is 4.79 Å². The predicted molar refractivity (Wildman–Crippen MR) is 67.8 cm³/mol. The maximum atomic E-state index is 11.8. The lowest BCUT2D eigenvalue weighted by molar-refractivity contribution is -0.232. The lowest BCUT2D eigenvalue weighted by Gasteiger charge is -2.36. The van der Waals surface area contributed by atoms with Crippen LogP contribution in [-0.4, -0.2) is 64.0 Å². The first-order chi connectivity index (χ1) is 10.0. The fourth-order valence-corrected chi connectivity index (χ4v) is 2.92. The molecule has 2 aliphatic rings. The monoisotopic (exact) mass is 300 g/mol. The van der Waals surface area contributed by atoms with Gasteiger partial charge in [-0.1, -0.05) is 0 Å². The van der Waals surface area contributed by atoms with Gasteiger partial charge in [-0.05, 0) is 0 Å². The zero-order valence-electron chi connectivity index (χ0n) is 11.3. The number of aliphatic hydroxyl groups excluding tert-OH is 2. The van der Waals surface area contributed by atoms with E-state index in [-0.39, 0.29) is 6.61 Å². The van der Waals surface area contributed by atoms with E-state index in [1.165, 1.54) is 19.4 Å². The van der Waals surface area contributed by atoms with Crippen LogP contribution in [0.3, 0.4) is 0 Å². The van der Waals surface area contributed by atoms with Gasteiger partial charge in [0.05, 0.1) is 13.2 Å². The first-order valence-corrected chi connectivity index (χ1v) is 6.46. The van der Waals surface area contributed by atoms with Crippen LogP contribution < -0.4 is 11.2 Å². The van der Waals surface area contributed by atoms with Crippen LogP contribution >= 0.6 is 0 Å². The number of H-pyrrole nitrogens is 1. The molecule has 2 saturated heterocycles. The van der Waals surface area contributed by atoms with Gasteiger partial charge < -0.3 is 24.4 Å². The van der Waals surface area contributed by atoms with Gasteiger partial charge in [-0.2, -0.15) is 0 Å². The fourth-order valence-electron chi connectivity index (χ4n) is 2.92. The van der Waals surface area contributed by atoms with Gasteiger partial charge in [0.25, 0.3) is 5.56 Å². The molecule has 0 radical (unpaired) electrons. The molecule has 9 heteroatoms. The lowest BCUT2D eigenvalue weighted by Crippen LogP contribution is -2.52. The summed E-state index contributed by atoms with van der Waals surface area (Å²) in [6.07, 6.45) is -2.24. The molecule has 0 aromatic carbocycles. The molecule has 2 bridgehead atoms. The van der Waals surface area contributed by atoms with Gasteiger partial charge in [-0.3, -0.25) is 14.3 Å². The largest absolute Gasteiger partial charge is 0.393 e. The SMILES string of the molecule is COC[C@@H]1O[C@H]2[C@H](n3ccc(=O)[nH]c3=O)O[C@]1(CO)[C@H]2O. The summed E-state index contributed by atoms with van der Waals surface area (Å²) < 4.78 is 17.5. The van der Waals surface area contributed by atoms with E-state index in [2.05, 4.69) is 4.98 Å². The highest BCUT2D eigenvalue weighted by Gasteiger charge is 2.66. The molecule has 3 heterocycles. The number of aromatic amines is 1. The third-order valence-electron chi connectivity index (χ3n) is 3.99. The predicted octanol–water partition coefficient (Wildman–Crippen LogP) is -2.43. The number of nitrogens with zero attached hydrogens (tertiary/aromatic N) is 1. The molecule has 3 rings (SSSR count). The number of fused-ring (bicyclic) bond motifs is 2. The molecule has 0 spiro atoms. The molecule has 0 amide bonds. The molecule has 9 nitrogen and oxygen atoms in total. The second-order valence-electron chi connectivity index (χ2n) is 5.13. The quantitative estimate of drug-likeness (QED) is 0.565. The van der Waals surface area contributed by atoms with Crippen LogP contribution in [0.5, 0.6) is 0 Å². The molecule has 1 aromatic rings. The van der Waals surface area contributed by atoms with Crippen LogP contribution in [-0.2, 0) is 14.2 Å². The van der Waals surface area contributed by atoms with Crippen molar-refractivity contribution >= 4 is 0 Å². The Morgan fingerprint density at radius 1 is 1.52 bits per heavy atom. The fraction of sp³-hybridized carbons (Fsp3) is 0.667. The highest BCUT2D eigenvalue weighted by atomic mass is 16.7. The first kappa shape index (κ1) is 14.4. The summed E-state index contributed by atoms with van der Waals surface area (Å²) in [7, 11) is 1.47. The normalized spacial score (nSPS) is 38.0. The van der Waals surface area contributed by atoms with Crippen LogP contribution in [0.4, 0.5) is 0 Å². The molecule has 0 saturated carbocycles. The Morgan fingerprint density at radius 3 is 2.90 bits per heavy atom. The molecule has 21 heavy (non-hydrogen) atoms. The maximum absolute atomic E-state index is 11.8. The third-order valence-corrected chi connectivity index (χ3v) is 3.99. The summed E-state index contributed by atoms with van der Waals surface area (Å²) in [5.74, 6) is 0.